The van der Waals surface area contributed by atoms with Crippen LogP contribution < -0.4 is 17.3 Å². The van der Waals surface area contributed by atoms with Gasteiger partial charge in [0.1, 0.15) is 13.1 Å². The second kappa shape index (κ2) is 11.6. The Balaban J connectivity index is 0.00000336. The molecule has 1 amide bonds. The number of nitrogens with zero attached hydrogens (tertiary/aromatic N) is 2. The Morgan fingerprint density at radius 2 is 1.68 bits per heavy atom. The Hall–Kier alpha value is -3.29. The molecule has 0 radical (unpaired) electrons. The minimum atomic E-state index is -0.957. The van der Waals surface area contributed by atoms with Crippen molar-refractivity contribution in [1.82, 2.24) is 0 Å². The summed E-state index contributed by atoms with van der Waals surface area (Å²) >= 11 is 0. The Morgan fingerprint density at radius 1 is 0.947 bits per heavy atom. The number of Topliss-reactive ketones (excluding diaryl/α,β-unsaturated/α-hetero) is 1. The van der Waals surface area contributed by atoms with Crippen LogP contribution in [0.2, 0.25) is 0 Å². The standard InChI is InChI=1S/C30H31F2N2O3.ClH/c1-21-6-5-9-25(16-21)33(18-22-10-11-26(31)27(32)17-22)30(36)37-29-20-34(14-12-24(29)13-15-34)19-28(35)23-7-3-2-4-8-23;/h2-11,16-17,24,29H,12-15,18-20H2,1H3;1H/q+1;/p-1/t24?,29-,34?;/m0./s1. The number of piperidine rings is 3. The lowest BCUT2D eigenvalue weighted by Crippen LogP contribution is -3.00. The van der Waals surface area contributed by atoms with E-state index in [-0.39, 0.29) is 36.8 Å². The molecule has 0 aliphatic carbocycles. The van der Waals surface area contributed by atoms with E-state index >= 15 is 0 Å². The molecule has 3 aromatic carbocycles. The highest BCUT2D eigenvalue weighted by Gasteiger charge is 2.49. The van der Waals surface area contributed by atoms with E-state index in [2.05, 4.69) is 0 Å². The molecule has 200 valence electrons. The van der Waals surface area contributed by atoms with Gasteiger partial charge in [-0.15, -0.1) is 0 Å². The maximum atomic E-state index is 13.9. The third-order valence-corrected chi connectivity index (χ3v) is 7.73. The molecule has 0 spiro atoms. The van der Waals surface area contributed by atoms with Gasteiger partial charge in [0.05, 0.1) is 19.6 Å². The number of benzene rings is 3. The molecule has 0 N–H and O–H groups in total. The highest BCUT2D eigenvalue weighted by Crippen LogP contribution is 2.36. The average Bonchev–Trinajstić information content (AvgIpc) is 2.90. The zero-order valence-electron chi connectivity index (χ0n) is 21.3. The first-order valence-electron chi connectivity index (χ1n) is 12.7. The molecule has 2 bridgehead atoms. The Morgan fingerprint density at radius 3 is 2.37 bits per heavy atom. The molecule has 0 aromatic heterocycles. The van der Waals surface area contributed by atoms with E-state index in [9.17, 15) is 18.4 Å². The Bertz CT molecular complexity index is 1300. The van der Waals surface area contributed by atoms with Crippen molar-refractivity contribution in [3.05, 3.63) is 101 Å². The lowest BCUT2D eigenvalue weighted by atomic mass is 9.83. The van der Waals surface area contributed by atoms with Crippen molar-refractivity contribution in [2.45, 2.75) is 32.4 Å². The van der Waals surface area contributed by atoms with Crippen LogP contribution in [-0.4, -0.2) is 48.6 Å². The fraction of sp³-hybridized carbons (Fsp3) is 0.333. The summed E-state index contributed by atoms with van der Waals surface area (Å²) in [4.78, 5) is 28.0. The topological polar surface area (TPSA) is 46.6 Å². The molecule has 3 heterocycles. The zero-order chi connectivity index (χ0) is 26.0. The number of fused-ring (bicyclic) bond motifs is 3. The normalized spacial score (nSPS) is 21.9. The molecule has 6 rings (SSSR count). The monoisotopic (exact) mass is 540 g/mol. The number of quaternary nitrogens is 1. The highest BCUT2D eigenvalue weighted by atomic mass is 35.5. The number of ketones is 1. The second-order valence-corrected chi connectivity index (χ2v) is 10.4. The molecule has 3 fully saturated rings. The largest absolute Gasteiger partial charge is 1.00 e. The lowest BCUT2D eigenvalue weighted by molar-refractivity contribution is -0.938. The molecule has 8 heteroatoms. The van der Waals surface area contributed by atoms with Crippen LogP contribution in [0.5, 0.6) is 0 Å². The number of hydrogen-bond donors (Lipinski definition) is 0. The summed E-state index contributed by atoms with van der Waals surface area (Å²) in [6.07, 6.45) is 0.957. The number of hydrogen-bond acceptors (Lipinski definition) is 3. The summed E-state index contributed by atoms with van der Waals surface area (Å²) in [5.41, 5.74) is 2.75. The first-order valence-corrected chi connectivity index (χ1v) is 12.7. The number of aryl methyl sites for hydroxylation is 1. The summed E-state index contributed by atoms with van der Waals surface area (Å²) in [6, 6.07) is 20.4. The van der Waals surface area contributed by atoms with Crippen molar-refractivity contribution < 1.29 is 40.0 Å². The minimum absolute atomic E-state index is 0. The van der Waals surface area contributed by atoms with E-state index in [0.717, 1.165) is 43.6 Å². The molecular weight excluding hydrogens is 510 g/mol. The van der Waals surface area contributed by atoms with Crippen LogP contribution in [0.25, 0.3) is 0 Å². The van der Waals surface area contributed by atoms with Gasteiger partial charge in [-0.05, 0) is 42.3 Å². The van der Waals surface area contributed by atoms with Crippen molar-refractivity contribution in [2.75, 3.05) is 31.1 Å². The second-order valence-electron chi connectivity index (χ2n) is 10.4. The van der Waals surface area contributed by atoms with Gasteiger partial charge in [-0.2, -0.15) is 0 Å². The number of carbonyl (C=O) groups excluding carboxylic acids is 2. The smallest absolute Gasteiger partial charge is 0.415 e. The van der Waals surface area contributed by atoms with Crippen molar-refractivity contribution in [3.8, 4) is 0 Å². The van der Waals surface area contributed by atoms with Gasteiger partial charge in [0.2, 0.25) is 5.78 Å². The van der Waals surface area contributed by atoms with E-state index in [0.29, 0.717) is 34.4 Å². The SMILES string of the molecule is Cc1cccc(N(Cc2ccc(F)c(F)c2)C(=O)O[C@H]2C[N+]3(CC(=O)c4ccccc4)CCC2CC3)c1.[Cl-]. The summed E-state index contributed by atoms with van der Waals surface area (Å²) in [5.74, 6) is -1.54. The van der Waals surface area contributed by atoms with Crippen molar-refractivity contribution in [1.29, 1.82) is 0 Å². The molecule has 3 aromatic rings. The fourth-order valence-electron chi connectivity index (χ4n) is 5.67. The fourth-order valence-corrected chi connectivity index (χ4v) is 5.67. The number of anilines is 1. The van der Waals surface area contributed by atoms with Gasteiger partial charge < -0.3 is 21.6 Å². The molecule has 3 saturated heterocycles. The van der Waals surface area contributed by atoms with Gasteiger partial charge in [0.25, 0.3) is 0 Å². The van der Waals surface area contributed by atoms with Crippen LogP contribution in [0.1, 0.15) is 34.3 Å². The minimum Gasteiger partial charge on any atom is -1.00 e. The summed E-state index contributed by atoms with van der Waals surface area (Å²) in [7, 11) is 0. The Labute approximate surface area is 228 Å². The van der Waals surface area contributed by atoms with E-state index in [1.165, 1.54) is 11.0 Å². The number of ether oxygens (including phenoxy) is 1. The predicted molar refractivity (Wildman–Crippen MR) is 137 cm³/mol. The van der Waals surface area contributed by atoms with Gasteiger partial charge in [-0.25, -0.2) is 13.6 Å². The zero-order valence-corrected chi connectivity index (χ0v) is 22.0. The van der Waals surface area contributed by atoms with Crippen LogP contribution in [0, 0.1) is 24.5 Å². The van der Waals surface area contributed by atoms with E-state index < -0.39 is 17.7 Å². The van der Waals surface area contributed by atoms with E-state index in [1.54, 1.807) is 6.07 Å². The molecule has 5 nitrogen and oxygen atoms in total. The molecule has 1 atom stereocenters. The highest BCUT2D eigenvalue weighted by molar-refractivity contribution is 5.97. The van der Waals surface area contributed by atoms with Crippen LogP contribution in [0.4, 0.5) is 19.3 Å². The van der Waals surface area contributed by atoms with Gasteiger partial charge in [-0.3, -0.25) is 9.69 Å². The summed E-state index contributed by atoms with van der Waals surface area (Å²) in [5, 5.41) is 0. The van der Waals surface area contributed by atoms with Crippen LogP contribution >= 0.6 is 0 Å². The average molecular weight is 541 g/mol. The van der Waals surface area contributed by atoms with Crippen molar-refractivity contribution in [2.24, 2.45) is 5.92 Å². The third-order valence-electron chi connectivity index (χ3n) is 7.73. The van der Waals surface area contributed by atoms with Gasteiger partial charge >= 0.3 is 6.09 Å². The molecule has 3 aliphatic rings. The van der Waals surface area contributed by atoms with Gasteiger partial charge in [0.15, 0.2) is 17.7 Å². The number of halogens is 3. The van der Waals surface area contributed by atoms with Crippen molar-refractivity contribution >= 4 is 17.6 Å². The lowest BCUT2D eigenvalue weighted by Gasteiger charge is -2.51. The van der Waals surface area contributed by atoms with Crippen molar-refractivity contribution in [3.63, 3.8) is 0 Å². The molecular formula is C30H31ClF2N2O3. The van der Waals surface area contributed by atoms with Crippen LogP contribution in [-0.2, 0) is 11.3 Å². The maximum Gasteiger partial charge on any atom is 0.415 e. The van der Waals surface area contributed by atoms with Gasteiger partial charge in [-0.1, -0.05) is 48.5 Å². The first kappa shape index (κ1) is 27.7. The number of rotatable bonds is 7. The van der Waals surface area contributed by atoms with Crippen LogP contribution in [0.3, 0.4) is 0 Å². The first-order chi connectivity index (χ1) is 17.8. The molecule has 38 heavy (non-hydrogen) atoms. The molecule has 3 aliphatic heterocycles. The predicted octanol–water partition coefficient (Wildman–Crippen LogP) is 2.91. The Kier molecular flexibility index (Phi) is 8.48. The van der Waals surface area contributed by atoms with Gasteiger partial charge in [0, 0.05) is 30.0 Å². The number of carbonyl (C=O) groups is 2. The number of amides is 1. The van der Waals surface area contributed by atoms with Crippen LogP contribution in [0.15, 0.2) is 72.8 Å². The molecule has 0 unspecified atom stereocenters. The van der Waals surface area contributed by atoms with E-state index in [4.69, 9.17) is 4.74 Å². The quantitative estimate of drug-likeness (QED) is 0.342. The molecule has 0 saturated carbocycles. The maximum absolute atomic E-state index is 13.9. The van der Waals surface area contributed by atoms with E-state index in [1.807, 2.05) is 55.5 Å². The summed E-state index contributed by atoms with van der Waals surface area (Å²) in [6.45, 7) is 4.75. The third kappa shape index (κ3) is 6.05. The summed E-state index contributed by atoms with van der Waals surface area (Å²) < 4.78 is 34.1.